The minimum Gasteiger partial charge on any atom is -0.373 e. The Bertz CT molecular complexity index is 600. The zero-order chi connectivity index (χ0) is 14.8. The summed E-state index contributed by atoms with van der Waals surface area (Å²) in [4.78, 5) is 4.00. The molecule has 21 heavy (non-hydrogen) atoms. The average molecular weight is 304 g/mol. The standard InChI is InChI=1S/C17H24N2OS/c1-12-9-19(10-13(2)20-12)11-15-14-6-4-5-7-16(14)21-17(15)8-18-3/h4-7,12-13,18H,8-11H2,1-3H3/t12-,13+. The third kappa shape index (κ3) is 3.29. The number of morpholine rings is 1. The lowest BCUT2D eigenvalue weighted by molar-refractivity contribution is -0.0704. The second-order valence-corrected chi connectivity index (χ2v) is 7.12. The summed E-state index contributed by atoms with van der Waals surface area (Å²) >= 11 is 1.92. The number of rotatable bonds is 4. The summed E-state index contributed by atoms with van der Waals surface area (Å²) in [5.41, 5.74) is 1.49. The predicted octanol–water partition coefficient (Wildman–Crippen LogP) is 3.23. The molecule has 3 nitrogen and oxygen atoms in total. The van der Waals surface area contributed by atoms with E-state index in [0.717, 1.165) is 26.2 Å². The summed E-state index contributed by atoms with van der Waals surface area (Å²) in [5.74, 6) is 0. The van der Waals surface area contributed by atoms with Crippen molar-refractivity contribution in [2.75, 3.05) is 20.1 Å². The SMILES string of the molecule is CNCc1sc2ccccc2c1CN1C[C@@H](C)O[C@@H](C)C1. The van der Waals surface area contributed by atoms with Crippen molar-refractivity contribution in [1.82, 2.24) is 10.2 Å². The molecule has 2 atom stereocenters. The summed E-state index contributed by atoms with van der Waals surface area (Å²) in [5, 5.41) is 4.72. The van der Waals surface area contributed by atoms with Crippen molar-refractivity contribution >= 4 is 21.4 Å². The van der Waals surface area contributed by atoms with Crippen molar-refractivity contribution in [3.8, 4) is 0 Å². The van der Waals surface area contributed by atoms with Gasteiger partial charge in [0.2, 0.25) is 0 Å². The first-order chi connectivity index (χ1) is 10.2. The second-order valence-electron chi connectivity index (χ2n) is 5.98. The van der Waals surface area contributed by atoms with Gasteiger partial charge in [-0.15, -0.1) is 11.3 Å². The van der Waals surface area contributed by atoms with Crippen LogP contribution in [0.25, 0.3) is 10.1 Å². The van der Waals surface area contributed by atoms with Gasteiger partial charge in [-0.3, -0.25) is 4.90 Å². The Kier molecular flexibility index (Phi) is 4.60. The van der Waals surface area contributed by atoms with Gasteiger partial charge in [-0.1, -0.05) is 18.2 Å². The topological polar surface area (TPSA) is 24.5 Å². The average Bonchev–Trinajstić information content (AvgIpc) is 2.76. The molecule has 0 spiro atoms. The lowest BCUT2D eigenvalue weighted by Gasteiger charge is -2.35. The number of thiophene rings is 1. The monoisotopic (exact) mass is 304 g/mol. The molecular formula is C17H24N2OS. The molecule has 1 aliphatic rings. The second kappa shape index (κ2) is 6.44. The number of hydrogen-bond acceptors (Lipinski definition) is 4. The van der Waals surface area contributed by atoms with Gasteiger partial charge in [-0.05, 0) is 37.9 Å². The van der Waals surface area contributed by atoms with Gasteiger partial charge in [0.1, 0.15) is 0 Å². The molecule has 114 valence electrons. The van der Waals surface area contributed by atoms with E-state index < -0.39 is 0 Å². The fourth-order valence-corrected chi connectivity index (χ4v) is 4.49. The summed E-state index contributed by atoms with van der Waals surface area (Å²) in [6.45, 7) is 8.36. The lowest BCUT2D eigenvalue weighted by Crippen LogP contribution is -2.44. The number of ether oxygens (including phenoxy) is 1. The molecule has 1 fully saturated rings. The number of fused-ring (bicyclic) bond motifs is 1. The van der Waals surface area contributed by atoms with Gasteiger partial charge in [0, 0.05) is 35.8 Å². The number of benzene rings is 1. The molecule has 0 saturated carbocycles. The van der Waals surface area contributed by atoms with Crippen LogP contribution >= 0.6 is 11.3 Å². The zero-order valence-corrected chi connectivity index (χ0v) is 13.9. The van der Waals surface area contributed by atoms with Crippen LogP contribution < -0.4 is 5.32 Å². The van der Waals surface area contributed by atoms with Crippen molar-refractivity contribution in [3.63, 3.8) is 0 Å². The van der Waals surface area contributed by atoms with Crippen LogP contribution in [0.5, 0.6) is 0 Å². The largest absolute Gasteiger partial charge is 0.373 e. The van der Waals surface area contributed by atoms with E-state index in [9.17, 15) is 0 Å². The van der Waals surface area contributed by atoms with Crippen LogP contribution in [0.15, 0.2) is 24.3 Å². The molecule has 1 aliphatic heterocycles. The molecular weight excluding hydrogens is 280 g/mol. The quantitative estimate of drug-likeness (QED) is 0.938. The molecule has 1 aromatic carbocycles. The van der Waals surface area contributed by atoms with Crippen LogP contribution in [0.3, 0.4) is 0 Å². The van der Waals surface area contributed by atoms with E-state index in [1.165, 1.54) is 20.5 Å². The number of hydrogen-bond donors (Lipinski definition) is 1. The van der Waals surface area contributed by atoms with Gasteiger partial charge in [0.25, 0.3) is 0 Å². The molecule has 4 heteroatoms. The minimum absolute atomic E-state index is 0.325. The number of nitrogens with one attached hydrogen (secondary N) is 1. The Morgan fingerprint density at radius 1 is 1.24 bits per heavy atom. The molecule has 0 bridgehead atoms. The van der Waals surface area contributed by atoms with Gasteiger partial charge < -0.3 is 10.1 Å². The normalized spacial score (nSPS) is 23.8. The van der Waals surface area contributed by atoms with E-state index in [2.05, 4.69) is 48.3 Å². The predicted molar refractivity (Wildman–Crippen MR) is 89.9 cm³/mol. The minimum atomic E-state index is 0.325. The Balaban J connectivity index is 1.89. The maximum absolute atomic E-state index is 5.85. The summed E-state index contributed by atoms with van der Waals surface area (Å²) in [7, 11) is 2.02. The van der Waals surface area contributed by atoms with Crippen molar-refractivity contribution in [1.29, 1.82) is 0 Å². The molecule has 0 radical (unpaired) electrons. The van der Waals surface area contributed by atoms with Gasteiger partial charge in [0.15, 0.2) is 0 Å². The highest BCUT2D eigenvalue weighted by Crippen LogP contribution is 2.32. The molecule has 3 rings (SSSR count). The number of nitrogens with zero attached hydrogens (tertiary/aromatic N) is 1. The Hall–Kier alpha value is -0.940. The third-order valence-corrected chi connectivity index (χ3v) is 5.21. The molecule has 0 amide bonds. The van der Waals surface area contributed by atoms with Crippen molar-refractivity contribution in [3.05, 3.63) is 34.7 Å². The fraction of sp³-hybridized carbons (Fsp3) is 0.529. The first kappa shape index (κ1) is 15.0. The Morgan fingerprint density at radius 3 is 2.67 bits per heavy atom. The first-order valence-electron chi connectivity index (χ1n) is 7.69. The van der Waals surface area contributed by atoms with Crippen LogP contribution in [0.2, 0.25) is 0 Å². The summed E-state index contributed by atoms with van der Waals surface area (Å²) < 4.78 is 7.24. The maximum atomic E-state index is 5.85. The molecule has 0 unspecified atom stereocenters. The van der Waals surface area contributed by atoms with Crippen molar-refractivity contribution in [2.45, 2.75) is 39.1 Å². The molecule has 2 heterocycles. The summed E-state index contributed by atoms with van der Waals surface area (Å²) in [6.07, 6.45) is 0.651. The van der Waals surface area contributed by atoms with E-state index in [1.54, 1.807) is 0 Å². The smallest absolute Gasteiger partial charge is 0.0678 e. The van der Waals surface area contributed by atoms with Gasteiger partial charge in [-0.25, -0.2) is 0 Å². The van der Waals surface area contributed by atoms with Crippen molar-refractivity contribution in [2.24, 2.45) is 0 Å². The van der Waals surface area contributed by atoms with E-state index >= 15 is 0 Å². The van der Waals surface area contributed by atoms with Crippen LogP contribution in [0.4, 0.5) is 0 Å². The zero-order valence-electron chi connectivity index (χ0n) is 13.1. The molecule has 2 aromatic rings. The van der Waals surface area contributed by atoms with Crippen molar-refractivity contribution < 1.29 is 4.74 Å². The highest BCUT2D eigenvalue weighted by atomic mass is 32.1. The van der Waals surface area contributed by atoms with Gasteiger partial charge in [0.05, 0.1) is 12.2 Å². The van der Waals surface area contributed by atoms with Gasteiger partial charge >= 0.3 is 0 Å². The molecule has 1 aromatic heterocycles. The highest BCUT2D eigenvalue weighted by molar-refractivity contribution is 7.19. The van der Waals surface area contributed by atoms with Gasteiger partial charge in [-0.2, -0.15) is 0 Å². The van der Waals surface area contributed by atoms with Crippen LogP contribution in [0.1, 0.15) is 24.3 Å². The van der Waals surface area contributed by atoms with Crippen LogP contribution in [-0.4, -0.2) is 37.2 Å². The molecule has 1 saturated heterocycles. The third-order valence-electron chi connectivity index (χ3n) is 4.00. The van der Waals surface area contributed by atoms with E-state index in [4.69, 9.17) is 4.74 Å². The van der Waals surface area contributed by atoms with E-state index in [0.29, 0.717) is 12.2 Å². The highest BCUT2D eigenvalue weighted by Gasteiger charge is 2.24. The first-order valence-corrected chi connectivity index (χ1v) is 8.50. The Morgan fingerprint density at radius 2 is 1.95 bits per heavy atom. The summed E-state index contributed by atoms with van der Waals surface area (Å²) in [6, 6.07) is 8.76. The van der Waals surface area contributed by atoms with Crippen LogP contribution in [-0.2, 0) is 17.8 Å². The Labute approximate surface area is 130 Å². The maximum Gasteiger partial charge on any atom is 0.0678 e. The molecule has 1 N–H and O–H groups in total. The molecule has 0 aliphatic carbocycles. The van der Waals surface area contributed by atoms with E-state index in [-0.39, 0.29) is 0 Å². The fourth-order valence-electron chi connectivity index (χ4n) is 3.26. The van der Waals surface area contributed by atoms with Crippen LogP contribution in [0, 0.1) is 0 Å². The van der Waals surface area contributed by atoms with E-state index in [1.807, 2.05) is 18.4 Å². The lowest BCUT2D eigenvalue weighted by atomic mass is 10.1.